The van der Waals surface area contributed by atoms with Crippen LogP contribution < -0.4 is 14.7 Å². The van der Waals surface area contributed by atoms with Crippen LogP contribution in [-0.4, -0.2) is 62.5 Å². The van der Waals surface area contributed by atoms with Gasteiger partial charge in [-0.3, -0.25) is 44.1 Å². The lowest BCUT2D eigenvalue weighted by atomic mass is 9.51. The van der Waals surface area contributed by atoms with Crippen molar-refractivity contribution >= 4 is 96.8 Å². The second kappa shape index (κ2) is 13.9. The highest BCUT2D eigenvalue weighted by atomic mass is 35.5. The second-order valence-corrected chi connectivity index (χ2v) is 18.2. The molecule has 2 aromatic heterocycles. The van der Waals surface area contributed by atoms with Gasteiger partial charge in [0.1, 0.15) is 17.3 Å². The molecule has 5 aromatic rings. The molecule has 61 heavy (non-hydrogen) atoms. The number of aryl methyl sites for hydroxylation is 2. The number of imide groups is 2. The van der Waals surface area contributed by atoms with Crippen LogP contribution in [-0.2, 0) is 26.2 Å². The molecule has 4 aliphatic rings. The zero-order valence-electron chi connectivity index (χ0n) is 33.1. The first-order valence-electron chi connectivity index (χ1n) is 19.2. The van der Waals surface area contributed by atoms with E-state index in [1.807, 2.05) is 19.1 Å². The minimum absolute atomic E-state index is 0.0234. The lowest BCUT2D eigenvalue weighted by molar-refractivity contribution is -0.392. The predicted octanol–water partition coefficient (Wildman–Crippen LogP) is 7.94. The highest BCUT2D eigenvalue weighted by Crippen LogP contribution is 2.64. The molecular weight excluding hydrogens is 849 g/mol. The van der Waals surface area contributed by atoms with Crippen LogP contribution in [0, 0.1) is 56.2 Å². The van der Waals surface area contributed by atoms with Crippen LogP contribution in [0.3, 0.4) is 0 Å². The third-order valence-electron chi connectivity index (χ3n) is 12.9. The summed E-state index contributed by atoms with van der Waals surface area (Å²) in [5.74, 6) is -7.23. The van der Waals surface area contributed by atoms with E-state index in [0.29, 0.717) is 21.9 Å². The first-order chi connectivity index (χ1) is 28.8. The van der Waals surface area contributed by atoms with Crippen LogP contribution >= 0.6 is 34.5 Å². The molecule has 2 aliphatic carbocycles. The summed E-state index contributed by atoms with van der Waals surface area (Å²) in [7, 11) is 4.45. The molecule has 1 saturated carbocycles. The fourth-order valence-electron chi connectivity index (χ4n) is 10.3. The van der Waals surface area contributed by atoms with E-state index in [1.54, 1.807) is 38.2 Å². The highest BCUT2D eigenvalue weighted by molar-refractivity contribution is 7.22. The minimum Gasteiger partial charge on any atom is -0.508 e. The van der Waals surface area contributed by atoms with Crippen molar-refractivity contribution in [3.05, 3.63) is 108 Å². The monoisotopic (exact) mass is 883 g/mol. The number of aromatic hydroxyl groups is 1. The largest absolute Gasteiger partial charge is 0.508 e. The highest BCUT2D eigenvalue weighted by Gasteiger charge is 2.68. The average Bonchev–Trinajstić information content (AvgIpc) is 3.87. The number of phenolic OH excluding ortho intramolecular Hbond substituents is 1. The predicted molar refractivity (Wildman–Crippen MR) is 228 cm³/mol. The van der Waals surface area contributed by atoms with Gasteiger partial charge in [0.15, 0.2) is 5.69 Å². The van der Waals surface area contributed by atoms with Crippen molar-refractivity contribution in [3.8, 4) is 16.3 Å². The van der Waals surface area contributed by atoms with E-state index in [0.717, 1.165) is 42.5 Å². The maximum atomic E-state index is 15.2. The van der Waals surface area contributed by atoms with Gasteiger partial charge in [0.25, 0.3) is 0 Å². The number of carbonyl (C=O) groups is 4. The molecule has 1 N–H and O–H groups in total. The quantitative estimate of drug-likeness (QED) is 0.0720. The Kier molecular flexibility index (Phi) is 9.19. The van der Waals surface area contributed by atoms with E-state index in [9.17, 15) is 39.7 Å². The number of thiophene rings is 1. The fraction of sp³-hybridized carbons (Fsp3) is 0.310. The molecule has 3 aromatic carbocycles. The maximum absolute atomic E-state index is 15.2. The SMILES string of the molecule is Cc1c(-c2cc(N3C(=O)C4CC5C(=CCC6C(=O)N(c7cc([N+](=O)[O-])c(N(C)C)c([N+](=O)[O-])c7)C(=O)C65)C(c5ccc(O)cc5Cl)C4(C)C3=O)n(C)n2)sc2ccc(Cl)cc12. The van der Waals surface area contributed by atoms with Gasteiger partial charge in [-0.2, -0.15) is 5.10 Å². The zero-order chi connectivity index (χ0) is 43.7. The average molecular weight is 885 g/mol. The molecular formula is C42H35Cl2N7O9S. The lowest BCUT2D eigenvalue weighted by Gasteiger charge is -2.49. The number of amides is 4. The second-order valence-electron chi connectivity index (χ2n) is 16.3. The number of halogens is 2. The molecule has 3 fully saturated rings. The molecule has 6 unspecified atom stereocenters. The van der Waals surface area contributed by atoms with E-state index in [4.69, 9.17) is 28.3 Å². The molecule has 9 rings (SSSR count). The molecule has 16 nitrogen and oxygen atoms in total. The van der Waals surface area contributed by atoms with Gasteiger partial charge in [-0.05, 0) is 79.5 Å². The van der Waals surface area contributed by atoms with E-state index in [1.165, 1.54) is 47.1 Å². The molecule has 0 bridgehead atoms. The number of nitro benzene ring substituents is 2. The van der Waals surface area contributed by atoms with Gasteiger partial charge in [-0.25, -0.2) is 9.80 Å². The molecule has 0 radical (unpaired) electrons. The third kappa shape index (κ3) is 5.73. The van der Waals surface area contributed by atoms with Crippen molar-refractivity contribution in [1.82, 2.24) is 9.78 Å². The van der Waals surface area contributed by atoms with Crippen molar-refractivity contribution < 1.29 is 34.1 Å². The van der Waals surface area contributed by atoms with Gasteiger partial charge in [-0.15, -0.1) is 11.3 Å². The molecule has 312 valence electrons. The van der Waals surface area contributed by atoms with Gasteiger partial charge in [0, 0.05) is 60.0 Å². The van der Waals surface area contributed by atoms with Crippen molar-refractivity contribution in [2.45, 2.75) is 32.6 Å². The Bertz CT molecular complexity index is 2850. The molecule has 0 spiro atoms. The summed E-state index contributed by atoms with van der Waals surface area (Å²) in [5.41, 5.74) is -0.942. The first-order valence-corrected chi connectivity index (χ1v) is 20.7. The van der Waals surface area contributed by atoms with Gasteiger partial charge in [0.05, 0.1) is 43.6 Å². The zero-order valence-corrected chi connectivity index (χ0v) is 35.4. The van der Waals surface area contributed by atoms with Crippen LogP contribution in [0.2, 0.25) is 10.0 Å². The lowest BCUT2D eigenvalue weighted by Crippen LogP contribution is -2.49. The number of carbonyl (C=O) groups excluding carboxylic acids is 4. The topological polar surface area (TPSA) is 202 Å². The van der Waals surface area contributed by atoms with Crippen LogP contribution in [0.25, 0.3) is 20.7 Å². The number of phenols is 1. The van der Waals surface area contributed by atoms with Crippen molar-refractivity contribution in [2.24, 2.45) is 36.1 Å². The van der Waals surface area contributed by atoms with Gasteiger partial charge in [0.2, 0.25) is 23.6 Å². The van der Waals surface area contributed by atoms with Crippen LogP contribution in [0.15, 0.2) is 66.2 Å². The Morgan fingerprint density at radius 1 is 0.918 bits per heavy atom. The van der Waals surface area contributed by atoms with Gasteiger partial charge >= 0.3 is 11.4 Å². The standard InChI is InChI=1S/C42H35Cl2N7O9S/c1-18-25-12-19(43)6-11-32(25)61-37(18)29-17-33(47(5)45-29)49-39(54)27-16-26-22(35(42(27,2)41(49)56)23-8-7-21(52)15-28(23)44)9-10-24-34(26)40(55)48(38(24)53)20-13-30(50(57)58)36(46(3)4)31(14-20)51(59)60/h6-9,11-15,17,24,26-27,34-35,52H,10,16H2,1-5H3. The number of nitro groups is 2. The van der Waals surface area contributed by atoms with Crippen LogP contribution in [0.5, 0.6) is 5.75 Å². The summed E-state index contributed by atoms with van der Waals surface area (Å²) in [6.07, 6.45) is 1.81. The number of rotatable bonds is 7. The maximum Gasteiger partial charge on any atom is 0.301 e. The summed E-state index contributed by atoms with van der Waals surface area (Å²) >= 11 is 14.7. The number of fused-ring (bicyclic) bond motifs is 5. The minimum atomic E-state index is -1.48. The van der Waals surface area contributed by atoms with E-state index in [2.05, 4.69) is 0 Å². The Hall–Kier alpha value is -6.17. The van der Waals surface area contributed by atoms with Gasteiger partial charge in [-0.1, -0.05) is 40.9 Å². The van der Waals surface area contributed by atoms with Crippen molar-refractivity contribution in [1.29, 1.82) is 0 Å². The number of hydrogen-bond acceptors (Lipinski definition) is 12. The van der Waals surface area contributed by atoms with Crippen molar-refractivity contribution in [3.63, 3.8) is 0 Å². The molecule has 6 atom stereocenters. The van der Waals surface area contributed by atoms with Crippen LogP contribution in [0.1, 0.15) is 36.8 Å². The first kappa shape index (κ1) is 40.2. The molecule has 4 heterocycles. The third-order valence-corrected chi connectivity index (χ3v) is 14.8. The number of aromatic nitrogens is 2. The number of hydrogen-bond donors (Lipinski definition) is 1. The number of allylic oxidation sites excluding steroid dienone is 2. The molecule has 4 amide bonds. The van der Waals surface area contributed by atoms with Crippen molar-refractivity contribution in [2.75, 3.05) is 28.8 Å². The molecule has 2 saturated heterocycles. The Balaban J connectivity index is 1.15. The number of anilines is 3. The van der Waals surface area contributed by atoms with Crippen LogP contribution in [0.4, 0.5) is 28.6 Å². The Morgan fingerprint density at radius 3 is 2.25 bits per heavy atom. The summed E-state index contributed by atoms with van der Waals surface area (Å²) < 4.78 is 2.46. The summed E-state index contributed by atoms with van der Waals surface area (Å²) in [5, 5.41) is 41.2. The van der Waals surface area contributed by atoms with Gasteiger partial charge < -0.3 is 10.0 Å². The Labute approximate surface area is 360 Å². The fourth-order valence-corrected chi connectivity index (χ4v) is 11.9. The van der Waals surface area contributed by atoms with E-state index < -0.39 is 79.9 Å². The summed E-state index contributed by atoms with van der Waals surface area (Å²) in [6.45, 7) is 3.65. The van der Waals surface area contributed by atoms with E-state index in [-0.39, 0.29) is 40.8 Å². The summed E-state index contributed by atoms with van der Waals surface area (Å²) in [4.78, 5) is 85.9. The number of benzene rings is 3. The molecule has 19 heteroatoms. The summed E-state index contributed by atoms with van der Waals surface area (Å²) in [6, 6.07) is 13.6. The van der Waals surface area contributed by atoms with E-state index >= 15 is 4.79 Å². The Morgan fingerprint density at radius 2 is 1.61 bits per heavy atom. The smallest absolute Gasteiger partial charge is 0.301 e. The number of nitrogens with zero attached hydrogens (tertiary/aromatic N) is 7. The molecule has 2 aliphatic heterocycles. The normalized spacial score (nSPS) is 24.6.